The van der Waals surface area contributed by atoms with E-state index in [4.69, 9.17) is 5.11 Å². The molecule has 2 aromatic rings. The van der Waals surface area contributed by atoms with Gasteiger partial charge in [-0.3, -0.25) is 0 Å². The van der Waals surface area contributed by atoms with Crippen LogP contribution in [0.1, 0.15) is 20.1 Å². The first kappa shape index (κ1) is 13.1. The van der Waals surface area contributed by atoms with Gasteiger partial charge in [-0.25, -0.2) is 9.18 Å². The van der Waals surface area contributed by atoms with Gasteiger partial charge in [0.1, 0.15) is 10.7 Å². The lowest BCUT2D eigenvalue weighted by molar-refractivity contribution is 0.0702. The lowest BCUT2D eigenvalue weighted by Crippen LogP contribution is -1.90. The second kappa shape index (κ2) is 5.54. The lowest BCUT2D eigenvalue weighted by atomic mass is 10.3. The standard InChI is InChI=1S/C13H11FO2S2/c1-8-9(5-12(18-8)13(15)16)7-17-11-4-2-3-10(14)6-11/h2-6H,7H2,1H3,(H,15,16). The summed E-state index contributed by atoms with van der Waals surface area (Å²) >= 11 is 2.77. The van der Waals surface area contributed by atoms with E-state index in [2.05, 4.69) is 0 Å². The Balaban J connectivity index is 2.08. The van der Waals surface area contributed by atoms with Crippen LogP contribution >= 0.6 is 23.1 Å². The molecule has 5 heteroatoms. The van der Waals surface area contributed by atoms with Gasteiger partial charge in [-0.1, -0.05) is 6.07 Å². The Morgan fingerprint density at radius 2 is 2.22 bits per heavy atom. The molecule has 0 radical (unpaired) electrons. The van der Waals surface area contributed by atoms with E-state index in [1.54, 1.807) is 12.1 Å². The Labute approximate surface area is 112 Å². The maximum absolute atomic E-state index is 13.0. The van der Waals surface area contributed by atoms with Gasteiger partial charge >= 0.3 is 5.97 Å². The second-order valence-corrected chi connectivity index (χ2v) is 6.05. The van der Waals surface area contributed by atoms with Crippen molar-refractivity contribution in [2.45, 2.75) is 17.6 Å². The molecule has 2 rings (SSSR count). The number of halogens is 1. The van der Waals surface area contributed by atoms with Gasteiger partial charge in [0, 0.05) is 15.5 Å². The van der Waals surface area contributed by atoms with E-state index in [1.165, 1.54) is 35.2 Å². The van der Waals surface area contributed by atoms with E-state index in [-0.39, 0.29) is 5.82 Å². The number of rotatable bonds is 4. The fourth-order valence-corrected chi connectivity index (χ4v) is 3.45. The first-order valence-electron chi connectivity index (χ1n) is 5.27. The minimum atomic E-state index is -0.898. The number of thiophene rings is 1. The molecule has 0 unspecified atom stereocenters. The maximum atomic E-state index is 13.0. The van der Waals surface area contributed by atoms with Crippen LogP contribution in [0.2, 0.25) is 0 Å². The van der Waals surface area contributed by atoms with Crippen LogP contribution in [0.25, 0.3) is 0 Å². The molecule has 0 fully saturated rings. The van der Waals surface area contributed by atoms with Gasteiger partial charge in [-0.05, 0) is 36.8 Å². The Morgan fingerprint density at radius 1 is 1.44 bits per heavy atom. The molecular weight excluding hydrogens is 271 g/mol. The van der Waals surface area contributed by atoms with E-state index in [1.807, 2.05) is 13.0 Å². The van der Waals surface area contributed by atoms with Crippen LogP contribution in [0.15, 0.2) is 35.2 Å². The smallest absolute Gasteiger partial charge is 0.345 e. The molecular formula is C13H11FO2S2. The first-order chi connectivity index (χ1) is 8.56. The highest BCUT2D eigenvalue weighted by Gasteiger charge is 2.11. The molecule has 0 amide bonds. The first-order valence-corrected chi connectivity index (χ1v) is 7.07. The zero-order valence-corrected chi connectivity index (χ0v) is 11.3. The predicted octanol–water partition coefficient (Wildman–Crippen LogP) is 4.19. The molecule has 0 atom stereocenters. The van der Waals surface area contributed by atoms with Gasteiger partial charge in [0.15, 0.2) is 0 Å². The zero-order valence-electron chi connectivity index (χ0n) is 9.64. The van der Waals surface area contributed by atoms with E-state index >= 15 is 0 Å². The number of carboxylic acids is 1. The monoisotopic (exact) mass is 282 g/mol. The van der Waals surface area contributed by atoms with Crippen LogP contribution in [0, 0.1) is 12.7 Å². The molecule has 1 aromatic carbocycles. The summed E-state index contributed by atoms with van der Waals surface area (Å²) < 4.78 is 13.0. The van der Waals surface area contributed by atoms with Crippen molar-refractivity contribution in [3.05, 3.63) is 51.5 Å². The minimum absolute atomic E-state index is 0.256. The van der Waals surface area contributed by atoms with Crippen molar-refractivity contribution in [3.63, 3.8) is 0 Å². The molecule has 0 aliphatic rings. The highest BCUT2D eigenvalue weighted by Crippen LogP contribution is 2.29. The van der Waals surface area contributed by atoms with Crippen molar-refractivity contribution in [3.8, 4) is 0 Å². The average Bonchev–Trinajstić information content (AvgIpc) is 2.68. The highest BCUT2D eigenvalue weighted by molar-refractivity contribution is 7.98. The summed E-state index contributed by atoms with van der Waals surface area (Å²) in [5.74, 6) is -0.502. The van der Waals surface area contributed by atoms with Crippen LogP contribution in [-0.4, -0.2) is 11.1 Å². The largest absolute Gasteiger partial charge is 0.477 e. The zero-order chi connectivity index (χ0) is 13.1. The van der Waals surface area contributed by atoms with E-state index < -0.39 is 5.97 Å². The van der Waals surface area contributed by atoms with Gasteiger partial charge in [-0.2, -0.15) is 0 Å². The van der Waals surface area contributed by atoms with E-state index in [0.29, 0.717) is 10.6 Å². The number of thioether (sulfide) groups is 1. The van der Waals surface area contributed by atoms with Crippen molar-refractivity contribution < 1.29 is 14.3 Å². The van der Waals surface area contributed by atoms with Crippen LogP contribution in [-0.2, 0) is 5.75 Å². The van der Waals surface area contributed by atoms with Crippen LogP contribution in [0.3, 0.4) is 0 Å². The molecule has 0 spiro atoms. The molecule has 18 heavy (non-hydrogen) atoms. The summed E-state index contributed by atoms with van der Waals surface area (Å²) in [7, 11) is 0. The predicted molar refractivity (Wildman–Crippen MR) is 72.0 cm³/mol. The van der Waals surface area contributed by atoms with Gasteiger partial charge in [-0.15, -0.1) is 23.1 Å². The summed E-state index contributed by atoms with van der Waals surface area (Å²) in [5.41, 5.74) is 0.992. The Morgan fingerprint density at radius 3 is 2.83 bits per heavy atom. The van der Waals surface area contributed by atoms with E-state index in [9.17, 15) is 9.18 Å². The number of hydrogen-bond donors (Lipinski definition) is 1. The molecule has 1 heterocycles. The maximum Gasteiger partial charge on any atom is 0.345 e. The third-order valence-corrected chi connectivity index (χ3v) is 4.55. The average molecular weight is 282 g/mol. The van der Waals surface area contributed by atoms with Crippen molar-refractivity contribution >= 4 is 29.1 Å². The van der Waals surface area contributed by atoms with Crippen molar-refractivity contribution in [1.82, 2.24) is 0 Å². The number of benzene rings is 1. The number of hydrogen-bond acceptors (Lipinski definition) is 3. The quantitative estimate of drug-likeness (QED) is 0.854. The molecule has 2 nitrogen and oxygen atoms in total. The molecule has 0 aliphatic heterocycles. The summed E-state index contributed by atoms with van der Waals surface area (Å²) in [6, 6.07) is 8.08. The van der Waals surface area contributed by atoms with Gasteiger partial charge in [0.05, 0.1) is 0 Å². The van der Waals surface area contributed by atoms with Crippen molar-refractivity contribution in [2.24, 2.45) is 0 Å². The number of carbonyl (C=O) groups is 1. The molecule has 0 aliphatic carbocycles. The van der Waals surface area contributed by atoms with Crippen LogP contribution in [0.5, 0.6) is 0 Å². The fourth-order valence-electron chi connectivity index (χ4n) is 1.49. The van der Waals surface area contributed by atoms with Crippen LogP contribution in [0.4, 0.5) is 4.39 Å². The normalized spacial score (nSPS) is 10.6. The number of aromatic carboxylic acids is 1. The second-order valence-electron chi connectivity index (χ2n) is 3.74. The Kier molecular flexibility index (Phi) is 4.04. The molecule has 1 aromatic heterocycles. The fraction of sp³-hybridized carbons (Fsp3) is 0.154. The summed E-state index contributed by atoms with van der Waals surface area (Å²) in [6.45, 7) is 1.90. The van der Waals surface area contributed by atoms with Crippen molar-refractivity contribution in [2.75, 3.05) is 0 Å². The molecule has 0 saturated heterocycles. The summed E-state index contributed by atoms with van der Waals surface area (Å²) in [6.07, 6.45) is 0. The van der Waals surface area contributed by atoms with Gasteiger partial charge in [0.2, 0.25) is 0 Å². The van der Waals surface area contributed by atoms with Crippen molar-refractivity contribution in [1.29, 1.82) is 0 Å². The third kappa shape index (κ3) is 3.11. The topological polar surface area (TPSA) is 37.3 Å². The Hall–Kier alpha value is -1.33. The lowest BCUT2D eigenvalue weighted by Gasteiger charge is -2.01. The molecule has 0 saturated carbocycles. The van der Waals surface area contributed by atoms with Crippen LogP contribution < -0.4 is 0 Å². The molecule has 0 bridgehead atoms. The molecule has 94 valence electrons. The highest BCUT2D eigenvalue weighted by atomic mass is 32.2. The third-order valence-electron chi connectivity index (χ3n) is 2.42. The summed E-state index contributed by atoms with van der Waals surface area (Å²) in [4.78, 5) is 13.0. The van der Waals surface area contributed by atoms with Gasteiger partial charge in [0.25, 0.3) is 0 Å². The number of carboxylic acid groups (broad SMARTS) is 1. The summed E-state index contributed by atoms with van der Waals surface area (Å²) in [5, 5.41) is 8.90. The van der Waals surface area contributed by atoms with E-state index in [0.717, 1.165) is 15.3 Å². The number of aryl methyl sites for hydroxylation is 1. The molecule has 1 N–H and O–H groups in total. The SMILES string of the molecule is Cc1sc(C(=O)O)cc1CSc1cccc(F)c1. The Bertz CT molecular complexity index is 578. The minimum Gasteiger partial charge on any atom is -0.477 e. The van der Waals surface area contributed by atoms with Gasteiger partial charge < -0.3 is 5.11 Å².